The van der Waals surface area contributed by atoms with E-state index in [1.54, 1.807) is 24.3 Å². The Labute approximate surface area is 120 Å². The number of aliphatic carboxylic acids is 2. The molecule has 2 amide bonds. The van der Waals surface area contributed by atoms with Gasteiger partial charge in [0.05, 0.1) is 13.5 Å². The lowest BCUT2D eigenvalue weighted by Crippen LogP contribution is -2.46. The predicted octanol–water partition coefficient (Wildman–Crippen LogP) is 0.422. The van der Waals surface area contributed by atoms with Gasteiger partial charge >= 0.3 is 18.0 Å². The van der Waals surface area contributed by atoms with E-state index in [9.17, 15) is 14.4 Å². The number of ether oxygens (including phenoxy) is 1. The Bertz CT molecular complexity index is 514. The van der Waals surface area contributed by atoms with Gasteiger partial charge in [-0.05, 0) is 17.7 Å². The fourth-order valence-corrected chi connectivity index (χ4v) is 1.51. The zero-order chi connectivity index (χ0) is 15.8. The molecule has 8 nitrogen and oxygen atoms in total. The van der Waals surface area contributed by atoms with Gasteiger partial charge < -0.3 is 25.6 Å². The van der Waals surface area contributed by atoms with Crippen molar-refractivity contribution in [3.05, 3.63) is 29.8 Å². The van der Waals surface area contributed by atoms with Crippen LogP contribution in [0.2, 0.25) is 0 Å². The largest absolute Gasteiger partial charge is 0.497 e. The Hall–Kier alpha value is -2.77. The highest BCUT2D eigenvalue weighted by atomic mass is 16.5. The lowest BCUT2D eigenvalue weighted by atomic mass is 10.2. The summed E-state index contributed by atoms with van der Waals surface area (Å²) >= 11 is 0. The Morgan fingerprint density at radius 2 is 1.81 bits per heavy atom. The molecule has 114 valence electrons. The Morgan fingerprint density at radius 3 is 2.29 bits per heavy atom. The van der Waals surface area contributed by atoms with E-state index in [4.69, 9.17) is 14.9 Å². The van der Waals surface area contributed by atoms with Gasteiger partial charge in [-0.15, -0.1) is 0 Å². The standard InChI is InChI=1S/C13H16N2O6/c1-21-9-4-2-8(3-5-9)7-14-13(20)15-10(12(18)19)6-11(16)17/h2-5,10H,6-7H2,1H3,(H,16,17)(H,18,19)(H2,14,15,20)/t10-/m0/s1. The summed E-state index contributed by atoms with van der Waals surface area (Å²) in [6.45, 7) is 0.176. The summed E-state index contributed by atoms with van der Waals surface area (Å²) < 4.78 is 4.99. The number of hydrogen-bond donors (Lipinski definition) is 4. The first-order valence-electron chi connectivity index (χ1n) is 6.04. The molecule has 0 aromatic heterocycles. The molecule has 0 aliphatic heterocycles. The molecule has 1 atom stereocenters. The van der Waals surface area contributed by atoms with Crippen molar-refractivity contribution in [2.45, 2.75) is 19.0 Å². The van der Waals surface area contributed by atoms with E-state index in [1.807, 2.05) is 0 Å². The third-order valence-electron chi connectivity index (χ3n) is 2.59. The van der Waals surface area contributed by atoms with Gasteiger partial charge in [0.1, 0.15) is 11.8 Å². The van der Waals surface area contributed by atoms with Gasteiger partial charge in [-0.2, -0.15) is 0 Å². The third-order valence-corrected chi connectivity index (χ3v) is 2.59. The summed E-state index contributed by atoms with van der Waals surface area (Å²) in [6.07, 6.45) is -0.689. The highest BCUT2D eigenvalue weighted by molar-refractivity contribution is 5.86. The maximum absolute atomic E-state index is 11.5. The molecule has 0 heterocycles. The van der Waals surface area contributed by atoms with Gasteiger partial charge in [0.25, 0.3) is 0 Å². The van der Waals surface area contributed by atoms with E-state index in [-0.39, 0.29) is 6.54 Å². The van der Waals surface area contributed by atoms with Crippen LogP contribution in [0.25, 0.3) is 0 Å². The highest BCUT2D eigenvalue weighted by Gasteiger charge is 2.22. The molecular formula is C13H16N2O6. The molecule has 4 N–H and O–H groups in total. The van der Waals surface area contributed by atoms with E-state index in [0.717, 1.165) is 5.56 Å². The minimum absolute atomic E-state index is 0.176. The molecule has 0 spiro atoms. The third kappa shape index (κ3) is 5.81. The summed E-state index contributed by atoms with van der Waals surface area (Å²) in [5.41, 5.74) is 0.788. The van der Waals surface area contributed by atoms with E-state index in [2.05, 4.69) is 10.6 Å². The average molecular weight is 296 g/mol. The van der Waals surface area contributed by atoms with Crippen LogP contribution in [-0.4, -0.2) is 41.3 Å². The van der Waals surface area contributed by atoms with Crippen LogP contribution in [0.4, 0.5) is 4.79 Å². The molecule has 0 aliphatic rings. The van der Waals surface area contributed by atoms with Crippen LogP contribution >= 0.6 is 0 Å². The predicted molar refractivity (Wildman–Crippen MR) is 72.0 cm³/mol. The van der Waals surface area contributed by atoms with Crippen molar-refractivity contribution in [2.24, 2.45) is 0 Å². The van der Waals surface area contributed by atoms with Crippen molar-refractivity contribution >= 4 is 18.0 Å². The smallest absolute Gasteiger partial charge is 0.326 e. The van der Waals surface area contributed by atoms with Crippen molar-refractivity contribution in [3.63, 3.8) is 0 Å². The average Bonchev–Trinajstić information content (AvgIpc) is 2.44. The number of amides is 2. The van der Waals surface area contributed by atoms with Gasteiger partial charge in [-0.1, -0.05) is 12.1 Å². The minimum Gasteiger partial charge on any atom is -0.497 e. The number of methoxy groups -OCH3 is 1. The van der Waals surface area contributed by atoms with Crippen molar-refractivity contribution in [2.75, 3.05) is 7.11 Å². The van der Waals surface area contributed by atoms with Crippen LogP contribution in [0.1, 0.15) is 12.0 Å². The van der Waals surface area contributed by atoms with Gasteiger partial charge in [-0.25, -0.2) is 9.59 Å². The van der Waals surface area contributed by atoms with Crippen molar-refractivity contribution < 1.29 is 29.3 Å². The van der Waals surface area contributed by atoms with Crippen molar-refractivity contribution in [1.82, 2.24) is 10.6 Å². The fraction of sp³-hybridized carbons (Fsp3) is 0.308. The molecule has 0 radical (unpaired) electrons. The van der Waals surface area contributed by atoms with Crippen LogP contribution in [-0.2, 0) is 16.1 Å². The second-order valence-corrected chi connectivity index (χ2v) is 4.16. The second kappa shape index (κ2) is 7.73. The van der Waals surface area contributed by atoms with E-state index in [0.29, 0.717) is 5.75 Å². The highest BCUT2D eigenvalue weighted by Crippen LogP contribution is 2.10. The number of benzene rings is 1. The van der Waals surface area contributed by atoms with Crippen molar-refractivity contribution in [1.29, 1.82) is 0 Å². The molecule has 1 aromatic carbocycles. The first-order chi connectivity index (χ1) is 9.92. The quantitative estimate of drug-likeness (QED) is 0.578. The minimum atomic E-state index is -1.47. The Balaban J connectivity index is 2.48. The van der Waals surface area contributed by atoms with Crippen LogP contribution < -0.4 is 15.4 Å². The molecule has 0 unspecified atom stereocenters. The summed E-state index contributed by atoms with van der Waals surface area (Å²) in [4.78, 5) is 32.8. The molecular weight excluding hydrogens is 280 g/mol. The van der Waals surface area contributed by atoms with Crippen molar-refractivity contribution in [3.8, 4) is 5.75 Å². The number of carboxylic acid groups (broad SMARTS) is 2. The maximum atomic E-state index is 11.5. The maximum Gasteiger partial charge on any atom is 0.326 e. The monoisotopic (exact) mass is 296 g/mol. The molecule has 1 rings (SSSR count). The lowest BCUT2D eigenvalue weighted by molar-refractivity contribution is -0.145. The van der Waals surface area contributed by atoms with Crippen LogP contribution in [0.3, 0.4) is 0 Å². The number of nitrogens with one attached hydrogen (secondary N) is 2. The summed E-state index contributed by atoms with van der Waals surface area (Å²) in [7, 11) is 1.54. The van der Waals surface area contributed by atoms with Crippen LogP contribution in [0, 0.1) is 0 Å². The Morgan fingerprint density at radius 1 is 1.19 bits per heavy atom. The van der Waals surface area contributed by atoms with Crippen LogP contribution in [0.5, 0.6) is 5.75 Å². The molecule has 0 fully saturated rings. The number of hydrogen-bond acceptors (Lipinski definition) is 4. The lowest BCUT2D eigenvalue weighted by Gasteiger charge is -2.13. The molecule has 0 bridgehead atoms. The van der Waals surface area contributed by atoms with E-state index >= 15 is 0 Å². The number of carbonyl (C=O) groups excluding carboxylic acids is 1. The molecule has 0 saturated heterocycles. The number of carbonyl (C=O) groups is 3. The summed E-state index contributed by atoms with van der Waals surface area (Å²) in [5, 5.41) is 21.9. The van der Waals surface area contributed by atoms with Gasteiger partial charge in [0.2, 0.25) is 0 Å². The van der Waals surface area contributed by atoms with Gasteiger partial charge in [0, 0.05) is 6.54 Å². The molecule has 0 saturated carbocycles. The number of rotatable bonds is 7. The molecule has 1 aromatic rings. The van der Waals surface area contributed by atoms with Gasteiger partial charge in [-0.3, -0.25) is 4.79 Å². The molecule has 21 heavy (non-hydrogen) atoms. The zero-order valence-corrected chi connectivity index (χ0v) is 11.3. The second-order valence-electron chi connectivity index (χ2n) is 4.16. The first-order valence-corrected chi connectivity index (χ1v) is 6.04. The normalized spacial score (nSPS) is 11.3. The van der Waals surface area contributed by atoms with Crippen LogP contribution in [0.15, 0.2) is 24.3 Å². The molecule has 0 aliphatic carbocycles. The Kier molecular flexibility index (Phi) is 5.99. The number of carboxylic acids is 2. The van der Waals surface area contributed by atoms with E-state index < -0.39 is 30.4 Å². The first kappa shape index (κ1) is 16.3. The van der Waals surface area contributed by atoms with Gasteiger partial charge in [0.15, 0.2) is 0 Å². The summed E-state index contributed by atoms with van der Waals surface area (Å²) in [5.74, 6) is -2.04. The topological polar surface area (TPSA) is 125 Å². The summed E-state index contributed by atoms with van der Waals surface area (Å²) in [6, 6.07) is 4.70. The van der Waals surface area contributed by atoms with E-state index in [1.165, 1.54) is 7.11 Å². The number of urea groups is 1. The SMILES string of the molecule is COc1ccc(CNC(=O)N[C@@H](CC(=O)O)C(=O)O)cc1. The fourth-order valence-electron chi connectivity index (χ4n) is 1.51. The zero-order valence-electron chi connectivity index (χ0n) is 11.3. The molecule has 8 heteroatoms.